The molecule has 0 saturated heterocycles. The molecule has 0 aromatic carbocycles. The van der Waals surface area contributed by atoms with E-state index < -0.39 is 6.10 Å². The minimum atomic E-state index is -0.791. The van der Waals surface area contributed by atoms with E-state index in [0.717, 1.165) is 109 Å². The molecule has 6 heteroatoms. The van der Waals surface area contributed by atoms with Crippen LogP contribution in [0.2, 0.25) is 0 Å². The van der Waals surface area contributed by atoms with Gasteiger partial charge in [0.25, 0.3) is 0 Å². The Morgan fingerprint density at radius 3 is 0.803 bits per heavy atom. The first-order chi connectivity index (χ1) is 37.5. The molecule has 0 rings (SSSR count). The van der Waals surface area contributed by atoms with Gasteiger partial charge in [0.2, 0.25) is 0 Å². The van der Waals surface area contributed by atoms with Crippen molar-refractivity contribution in [1.82, 2.24) is 0 Å². The van der Waals surface area contributed by atoms with Gasteiger partial charge < -0.3 is 14.2 Å². The van der Waals surface area contributed by atoms with E-state index in [1.54, 1.807) is 0 Å². The molecule has 1 unspecified atom stereocenters. The van der Waals surface area contributed by atoms with Crippen molar-refractivity contribution in [3.8, 4) is 0 Å². The SMILES string of the molecule is CC/C=C\C/C=C\C/C=C\C/C=C\C/C=C\C/C=C\C/C=C\CCCCCC(=O)OC(COC(=O)CCCCCCCCC)COC(=O)CCCCCCCCCCCCCCCCCCCCCCCCCCCC. The van der Waals surface area contributed by atoms with Crippen molar-refractivity contribution < 1.29 is 28.6 Å². The van der Waals surface area contributed by atoms with E-state index >= 15 is 0 Å². The Morgan fingerprint density at radius 2 is 0.513 bits per heavy atom. The van der Waals surface area contributed by atoms with Crippen LogP contribution in [0.4, 0.5) is 0 Å². The van der Waals surface area contributed by atoms with Crippen LogP contribution in [-0.4, -0.2) is 37.2 Å². The van der Waals surface area contributed by atoms with Gasteiger partial charge in [0.15, 0.2) is 6.10 Å². The van der Waals surface area contributed by atoms with Crippen molar-refractivity contribution in [3.63, 3.8) is 0 Å². The molecule has 0 heterocycles. The summed E-state index contributed by atoms with van der Waals surface area (Å²) in [7, 11) is 0. The smallest absolute Gasteiger partial charge is 0.306 e. The maximum Gasteiger partial charge on any atom is 0.306 e. The summed E-state index contributed by atoms with van der Waals surface area (Å²) in [4.78, 5) is 38.1. The van der Waals surface area contributed by atoms with Crippen LogP contribution in [-0.2, 0) is 28.6 Å². The first-order valence-electron chi connectivity index (χ1n) is 32.6. The first kappa shape index (κ1) is 72.6. The van der Waals surface area contributed by atoms with Crippen LogP contribution in [0.5, 0.6) is 0 Å². The number of carbonyl (C=O) groups is 3. The molecule has 0 aromatic heterocycles. The number of carbonyl (C=O) groups excluding carboxylic acids is 3. The number of rotatable bonds is 59. The second-order valence-electron chi connectivity index (χ2n) is 21.7. The molecule has 0 aliphatic rings. The Kier molecular flexibility index (Phi) is 61.2. The normalized spacial score (nSPS) is 12.6. The summed E-state index contributed by atoms with van der Waals surface area (Å²) in [6, 6.07) is 0. The van der Waals surface area contributed by atoms with E-state index in [1.165, 1.54) is 173 Å². The Hall–Kier alpha value is -3.41. The summed E-state index contributed by atoms with van der Waals surface area (Å²) in [6.45, 7) is 6.49. The van der Waals surface area contributed by atoms with Gasteiger partial charge in [0.1, 0.15) is 13.2 Å². The summed E-state index contributed by atoms with van der Waals surface area (Å²) >= 11 is 0. The minimum absolute atomic E-state index is 0.0870. The van der Waals surface area contributed by atoms with Gasteiger partial charge in [-0.3, -0.25) is 14.4 Å². The number of unbranched alkanes of at least 4 members (excludes halogenated alkanes) is 34. The van der Waals surface area contributed by atoms with Gasteiger partial charge in [-0.25, -0.2) is 0 Å². The number of hydrogen-bond acceptors (Lipinski definition) is 6. The predicted octanol–water partition coefficient (Wildman–Crippen LogP) is 22.3. The van der Waals surface area contributed by atoms with Gasteiger partial charge in [0, 0.05) is 19.3 Å². The average molecular weight is 1060 g/mol. The highest BCUT2D eigenvalue weighted by Crippen LogP contribution is 2.17. The van der Waals surface area contributed by atoms with Gasteiger partial charge in [0.05, 0.1) is 0 Å². The summed E-state index contributed by atoms with van der Waals surface area (Å²) in [5, 5.41) is 0. The third-order valence-corrected chi connectivity index (χ3v) is 14.2. The molecule has 438 valence electrons. The Balaban J connectivity index is 4.17. The summed E-state index contributed by atoms with van der Waals surface area (Å²) in [5.41, 5.74) is 0. The van der Waals surface area contributed by atoms with Crippen LogP contribution in [0.25, 0.3) is 0 Å². The van der Waals surface area contributed by atoms with E-state index in [2.05, 4.69) is 106 Å². The monoisotopic (exact) mass is 1060 g/mol. The number of esters is 3. The van der Waals surface area contributed by atoms with Gasteiger partial charge in [-0.2, -0.15) is 0 Å². The third kappa shape index (κ3) is 61.4. The molecule has 0 saturated carbocycles. The van der Waals surface area contributed by atoms with E-state index in [-0.39, 0.29) is 37.5 Å². The molecular formula is C70H122O6. The van der Waals surface area contributed by atoms with Crippen LogP contribution < -0.4 is 0 Å². The third-order valence-electron chi connectivity index (χ3n) is 14.2. The molecule has 0 aliphatic heterocycles. The van der Waals surface area contributed by atoms with Gasteiger partial charge in [-0.1, -0.05) is 311 Å². The Labute approximate surface area is 471 Å². The maximum atomic E-state index is 12.9. The fraction of sp³-hybridized carbons (Fsp3) is 0.757. The van der Waals surface area contributed by atoms with Crippen LogP contribution >= 0.6 is 0 Å². The first-order valence-corrected chi connectivity index (χ1v) is 32.6. The maximum absolute atomic E-state index is 12.9. The molecule has 0 spiro atoms. The summed E-state index contributed by atoms with van der Waals surface area (Å²) in [5.74, 6) is -0.915. The highest BCUT2D eigenvalue weighted by atomic mass is 16.6. The zero-order chi connectivity index (χ0) is 55.0. The van der Waals surface area contributed by atoms with Crippen molar-refractivity contribution in [1.29, 1.82) is 0 Å². The Bertz CT molecular complexity index is 1450. The molecule has 0 fully saturated rings. The van der Waals surface area contributed by atoms with Gasteiger partial charge in [-0.15, -0.1) is 0 Å². The van der Waals surface area contributed by atoms with Crippen LogP contribution in [0.3, 0.4) is 0 Å². The van der Waals surface area contributed by atoms with Crippen molar-refractivity contribution in [3.05, 3.63) is 85.1 Å². The van der Waals surface area contributed by atoms with E-state index in [0.29, 0.717) is 12.8 Å². The molecule has 1 atom stereocenters. The standard InChI is InChI=1S/C70H122O6/c1-4-7-10-13-16-18-20-22-24-26-28-30-32-34-36-37-39-41-43-45-47-49-51-54-57-60-63-69(72)75-66-67(65-74-68(71)62-59-56-53-15-12-9-6-3)76-70(73)64-61-58-55-52-50-48-46-44-42-40-38-35-33-31-29-27-25-23-21-19-17-14-11-8-5-2/h8,11,17,19,23,25,29,31,35,38,42,44,48,50,67H,4-7,9-10,12-16,18,20-22,24,26-28,30,32-34,36-37,39-41,43,45-47,49,51-66H2,1-3H3/b11-8-,19-17-,25-23-,31-29-,38-35-,44-42-,50-48-. The second-order valence-corrected chi connectivity index (χ2v) is 21.7. The fourth-order valence-corrected chi connectivity index (χ4v) is 9.31. The molecule has 0 radical (unpaired) electrons. The predicted molar refractivity (Wildman–Crippen MR) is 330 cm³/mol. The van der Waals surface area contributed by atoms with Crippen LogP contribution in [0.15, 0.2) is 85.1 Å². The summed E-state index contributed by atoms with van der Waals surface area (Å²) in [6.07, 6.45) is 84.9. The van der Waals surface area contributed by atoms with E-state index in [1.807, 2.05) is 0 Å². The Morgan fingerprint density at radius 1 is 0.276 bits per heavy atom. The summed E-state index contributed by atoms with van der Waals surface area (Å²) < 4.78 is 16.8. The molecule has 76 heavy (non-hydrogen) atoms. The van der Waals surface area contributed by atoms with E-state index in [9.17, 15) is 14.4 Å². The molecule has 6 nitrogen and oxygen atoms in total. The zero-order valence-electron chi connectivity index (χ0n) is 50.3. The van der Waals surface area contributed by atoms with Gasteiger partial charge >= 0.3 is 17.9 Å². The van der Waals surface area contributed by atoms with E-state index in [4.69, 9.17) is 14.2 Å². The fourth-order valence-electron chi connectivity index (χ4n) is 9.31. The lowest BCUT2D eigenvalue weighted by molar-refractivity contribution is -0.167. The van der Waals surface area contributed by atoms with Crippen molar-refractivity contribution in [2.24, 2.45) is 0 Å². The average Bonchev–Trinajstić information content (AvgIpc) is 3.42. The lowest BCUT2D eigenvalue weighted by atomic mass is 10.0. The number of hydrogen-bond donors (Lipinski definition) is 0. The molecule has 0 aromatic rings. The zero-order valence-corrected chi connectivity index (χ0v) is 50.3. The molecule has 0 bridgehead atoms. The largest absolute Gasteiger partial charge is 0.462 e. The minimum Gasteiger partial charge on any atom is -0.462 e. The topological polar surface area (TPSA) is 78.9 Å². The van der Waals surface area contributed by atoms with Crippen molar-refractivity contribution in [2.75, 3.05) is 13.2 Å². The molecule has 0 N–H and O–H groups in total. The highest BCUT2D eigenvalue weighted by molar-refractivity contribution is 5.71. The van der Waals surface area contributed by atoms with Crippen molar-refractivity contribution in [2.45, 2.75) is 329 Å². The van der Waals surface area contributed by atoms with Crippen LogP contribution in [0.1, 0.15) is 323 Å². The van der Waals surface area contributed by atoms with Crippen molar-refractivity contribution >= 4 is 17.9 Å². The molecule has 0 aliphatic carbocycles. The quantitative estimate of drug-likeness (QED) is 0.0261. The lowest BCUT2D eigenvalue weighted by Gasteiger charge is -2.18. The van der Waals surface area contributed by atoms with Gasteiger partial charge in [-0.05, 0) is 77.0 Å². The molecule has 0 amide bonds. The number of ether oxygens (including phenoxy) is 3. The molecular weight excluding hydrogens is 937 g/mol. The lowest BCUT2D eigenvalue weighted by Crippen LogP contribution is -2.30. The van der Waals surface area contributed by atoms with Crippen LogP contribution in [0, 0.1) is 0 Å². The second kappa shape index (κ2) is 64.1. The number of allylic oxidation sites excluding steroid dienone is 14. The highest BCUT2D eigenvalue weighted by Gasteiger charge is 2.19.